The molecule has 0 radical (unpaired) electrons. The fourth-order valence-electron chi connectivity index (χ4n) is 3.64. The summed E-state index contributed by atoms with van der Waals surface area (Å²) in [4.78, 5) is 47.2. The van der Waals surface area contributed by atoms with Gasteiger partial charge in [-0.05, 0) is 51.6 Å². The number of hydrogen-bond acceptors (Lipinski definition) is 8. The van der Waals surface area contributed by atoms with Crippen molar-refractivity contribution in [2.24, 2.45) is 17.4 Å². The monoisotopic (exact) mass is 549 g/mol. The number of carbonyl (C=O) groups excluding carboxylic acids is 2. The third-order valence-corrected chi connectivity index (χ3v) is 8.32. The lowest BCUT2D eigenvalue weighted by Gasteiger charge is -2.14. The summed E-state index contributed by atoms with van der Waals surface area (Å²) in [5.41, 5.74) is 10.9. The van der Waals surface area contributed by atoms with Crippen molar-refractivity contribution in [1.82, 2.24) is 5.32 Å². The molecule has 1 amide bonds. The maximum absolute atomic E-state index is 12.1. The molecule has 0 aliphatic rings. The van der Waals surface area contributed by atoms with Gasteiger partial charge in [0.05, 0.1) is 5.92 Å². The number of ketones is 1. The van der Waals surface area contributed by atoms with Crippen LogP contribution < -0.4 is 16.8 Å². The van der Waals surface area contributed by atoms with Crippen molar-refractivity contribution in [3.63, 3.8) is 0 Å². The third kappa shape index (κ3) is 20.8. The van der Waals surface area contributed by atoms with Crippen LogP contribution in [0.25, 0.3) is 0 Å². The van der Waals surface area contributed by atoms with Crippen molar-refractivity contribution in [2.45, 2.75) is 102 Å². The van der Waals surface area contributed by atoms with E-state index in [2.05, 4.69) is 5.32 Å². The average Bonchev–Trinajstić information content (AvgIpc) is 2.83. The number of nitrogens with one attached hydrogen (secondary N) is 1. The zero-order valence-electron chi connectivity index (χ0n) is 21.6. The van der Waals surface area contributed by atoms with E-state index in [1.807, 2.05) is 0 Å². The Kier molecular flexibility index (Phi) is 23.2. The van der Waals surface area contributed by atoms with E-state index in [0.29, 0.717) is 50.3 Å². The smallest absolute Gasteiger partial charge is 0.326 e. The van der Waals surface area contributed by atoms with Gasteiger partial charge in [0.25, 0.3) is 0 Å². The molecule has 0 heterocycles. The van der Waals surface area contributed by atoms with Crippen LogP contribution in [0.4, 0.5) is 0 Å². The molecule has 0 aliphatic carbocycles. The summed E-state index contributed by atoms with van der Waals surface area (Å²) >= 11 is 0. The Hall–Kier alpha value is -1.30. The van der Waals surface area contributed by atoms with E-state index in [0.717, 1.165) is 64.2 Å². The molecule has 7 N–H and O–H groups in total. The maximum atomic E-state index is 12.1. The summed E-state index contributed by atoms with van der Waals surface area (Å²) in [5, 5.41) is 21.4. The Bertz CT molecular complexity index is 573. The summed E-state index contributed by atoms with van der Waals surface area (Å²) in [5.74, 6) is -1.88. The highest BCUT2D eigenvalue weighted by Crippen LogP contribution is 2.26. The molecule has 0 fully saturated rings. The molecule has 36 heavy (non-hydrogen) atoms. The Morgan fingerprint density at radius 3 is 1.69 bits per heavy atom. The van der Waals surface area contributed by atoms with Crippen LogP contribution in [0.5, 0.6) is 0 Å². The van der Waals surface area contributed by atoms with E-state index >= 15 is 0 Å². The van der Waals surface area contributed by atoms with E-state index in [1.165, 1.54) is 21.6 Å². The number of carbonyl (C=O) groups is 4. The predicted octanol–water partition coefficient (Wildman–Crippen LogP) is 3.98. The van der Waals surface area contributed by atoms with Gasteiger partial charge < -0.3 is 27.0 Å². The standard InChI is InChI=1S/C25H47N3O6S2/c26-15-9-5-1-3-7-11-21(29)19-20(24(31)32)13-17-35-36-18-14-22(25(33)34)28-23(30)12-8-4-2-6-10-16-27/h20,22H,1-19,26-27H2,(H,28,30)(H,31,32)(H,33,34). The van der Waals surface area contributed by atoms with Crippen molar-refractivity contribution in [1.29, 1.82) is 0 Å². The normalized spacial score (nSPS) is 12.7. The summed E-state index contributed by atoms with van der Waals surface area (Å²) in [7, 11) is 2.92. The van der Waals surface area contributed by atoms with E-state index in [9.17, 15) is 29.4 Å². The van der Waals surface area contributed by atoms with Gasteiger partial charge in [-0.1, -0.05) is 60.1 Å². The van der Waals surface area contributed by atoms with Gasteiger partial charge in [0.2, 0.25) is 5.91 Å². The first-order chi connectivity index (χ1) is 17.3. The van der Waals surface area contributed by atoms with Crippen LogP contribution >= 0.6 is 21.6 Å². The van der Waals surface area contributed by atoms with Crippen LogP contribution in [0, 0.1) is 5.92 Å². The highest BCUT2D eigenvalue weighted by atomic mass is 33.1. The Labute approximate surface area is 224 Å². The highest BCUT2D eigenvalue weighted by molar-refractivity contribution is 8.76. The second-order valence-electron chi connectivity index (χ2n) is 9.07. The van der Waals surface area contributed by atoms with E-state index in [4.69, 9.17) is 11.5 Å². The molecule has 0 spiro atoms. The first-order valence-electron chi connectivity index (χ1n) is 13.2. The van der Waals surface area contributed by atoms with Crippen molar-refractivity contribution < 1.29 is 29.4 Å². The lowest BCUT2D eigenvalue weighted by atomic mass is 9.97. The van der Waals surface area contributed by atoms with E-state index in [-0.39, 0.29) is 18.1 Å². The number of unbranched alkanes of at least 4 members (excludes halogenated alkanes) is 8. The summed E-state index contributed by atoms with van der Waals surface area (Å²) in [6.45, 7) is 1.36. The minimum Gasteiger partial charge on any atom is -0.481 e. The zero-order chi connectivity index (χ0) is 27.0. The SMILES string of the molecule is NCCCCCCCC(=O)CC(CCSSCCC(NC(=O)CCCCCCCN)C(=O)O)C(=O)O. The largest absolute Gasteiger partial charge is 0.481 e. The van der Waals surface area contributed by atoms with Gasteiger partial charge in [-0.3, -0.25) is 14.4 Å². The van der Waals surface area contributed by atoms with Crippen LogP contribution in [0.15, 0.2) is 0 Å². The van der Waals surface area contributed by atoms with Gasteiger partial charge in [0.1, 0.15) is 11.8 Å². The molecule has 11 heteroatoms. The fraction of sp³-hybridized carbons (Fsp3) is 0.840. The molecule has 0 aromatic carbocycles. The second-order valence-corrected chi connectivity index (χ2v) is 11.8. The fourth-order valence-corrected chi connectivity index (χ4v) is 5.88. The summed E-state index contributed by atoms with van der Waals surface area (Å²) in [6.07, 6.45) is 11.0. The number of carboxylic acids is 2. The van der Waals surface area contributed by atoms with Gasteiger partial charge in [0.15, 0.2) is 0 Å². The molecular weight excluding hydrogens is 502 g/mol. The first kappa shape index (κ1) is 34.7. The van der Waals surface area contributed by atoms with Gasteiger partial charge in [-0.25, -0.2) is 4.79 Å². The minimum absolute atomic E-state index is 0.00511. The highest BCUT2D eigenvalue weighted by Gasteiger charge is 2.22. The van der Waals surface area contributed by atoms with Crippen LogP contribution in [0.3, 0.4) is 0 Å². The van der Waals surface area contributed by atoms with Gasteiger partial charge in [-0.2, -0.15) is 0 Å². The van der Waals surface area contributed by atoms with E-state index < -0.39 is 23.9 Å². The van der Waals surface area contributed by atoms with Gasteiger partial charge in [0, 0.05) is 30.8 Å². The first-order valence-corrected chi connectivity index (χ1v) is 15.7. The number of carboxylic acid groups (broad SMARTS) is 2. The predicted molar refractivity (Wildman–Crippen MR) is 148 cm³/mol. The van der Waals surface area contributed by atoms with Crippen LogP contribution in [-0.2, 0) is 19.2 Å². The van der Waals surface area contributed by atoms with Crippen molar-refractivity contribution >= 4 is 45.2 Å². The van der Waals surface area contributed by atoms with Crippen LogP contribution in [0.2, 0.25) is 0 Å². The molecule has 210 valence electrons. The van der Waals surface area contributed by atoms with Crippen LogP contribution in [0.1, 0.15) is 96.3 Å². The topological polar surface area (TPSA) is 173 Å². The maximum Gasteiger partial charge on any atom is 0.326 e. The molecule has 0 rings (SSSR count). The molecule has 0 aromatic heterocycles. The Morgan fingerprint density at radius 1 is 0.667 bits per heavy atom. The molecule has 0 bridgehead atoms. The molecule has 0 aromatic rings. The number of amides is 1. The molecular formula is C25H47N3O6S2. The quantitative estimate of drug-likeness (QED) is 0.0784. The number of Topliss-reactive ketones (excluding diaryl/α,β-unsaturated/α-hetero) is 1. The summed E-state index contributed by atoms with van der Waals surface area (Å²) < 4.78 is 0. The number of nitrogens with two attached hydrogens (primary N) is 2. The molecule has 0 saturated heterocycles. The third-order valence-electron chi connectivity index (χ3n) is 5.85. The zero-order valence-corrected chi connectivity index (χ0v) is 23.2. The lowest BCUT2D eigenvalue weighted by molar-refractivity contribution is -0.144. The van der Waals surface area contributed by atoms with Crippen LogP contribution in [-0.4, -0.2) is 64.5 Å². The van der Waals surface area contributed by atoms with Gasteiger partial charge in [-0.15, -0.1) is 0 Å². The molecule has 2 atom stereocenters. The number of hydrogen-bond donors (Lipinski definition) is 5. The Morgan fingerprint density at radius 2 is 1.17 bits per heavy atom. The van der Waals surface area contributed by atoms with E-state index in [1.54, 1.807) is 0 Å². The summed E-state index contributed by atoms with van der Waals surface area (Å²) in [6, 6.07) is -0.928. The lowest BCUT2D eigenvalue weighted by Crippen LogP contribution is -2.41. The molecule has 0 saturated carbocycles. The van der Waals surface area contributed by atoms with Crippen molar-refractivity contribution in [3.8, 4) is 0 Å². The molecule has 2 unspecified atom stereocenters. The second kappa shape index (κ2) is 24.1. The minimum atomic E-state index is -1.05. The molecule has 9 nitrogen and oxygen atoms in total. The number of aliphatic carboxylic acids is 2. The Balaban J connectivity index is 4.05. The molecule has 0 aliphatic heterocycles. The average molecular weight is 550 g/mol. The van der Waals surface area contributed by atoms with Crippen molar-refractivity contribution in [2.75, 3.05) is 24.6 Å². The number of rotatable bonds is 26. The van der Waals surface area contributed by atoms with Crippen molar-refractivity contribution in [3.05, 3.63) is 0 Å². The van der Waals surface area contributed by atoms with Gasteiger partial charge >= 0.3 is 11.9 Å².